The van der Waals surface area contributed by atoms with Gasteiger partial charge in [0.05, 0.1) is 5.56 Å². The second-order valence-electron chi connectivity index (χ2n) is 5.08. The fourth-order valence-corrected chi connectivity index (χ4v) is 2.70. The minimum absolute atomic E-state index is 0.0782. The first-order valence-corrected chi connectivity index (χ1v) is 6.56. The Balaban J connectivity index is 1.77. The number of halogens is 1. The summed E-state index contributed by atoms with van der Waals surface area (Å²) in [5.74, 6) is -1.33. The second-order valence-corrected chi connectivity index (χ2v) is 5.08. The van der Waals surface area contributed by atoms with Crippen molar-refractivity contribution in [3.05, 3.63) is 65.0 Å². The number of fused-ring (bicyclic) bond motifs is 1. The topological polar surface area (TPSA) is 55.1 Å². The van der Waals surface area contributed by atoms with E-state index in [4.69, 9.17) is 5.73 Å². The van der Waals surface area contributed by atoms with Crippen molar-refractivity contribution in [2.24, 2.45) is 5.73 Å². The minimum atomic E-state index is -0.749. The number of anilines is 1. The molecule has 0 fully saturated rings. The maximum absolute atomic E-state index is 13.4. The highest BCUT2D eigenvalue weighted by Crippen LogP contribution is 2.25. The van der Waals surface area contributed by atoms with E-state index in [9.17, 15) is 9.18 Å². The van der Waals surface area contributed by atoms with Gasteiger partial charge in [0.1, 0.15) is 5.82 Å². The van der Waals surface area contributed by atoms with Gasteiger partial charge in [0.25, 0.3) is 5.91 Å². The summed E-state index contributed by atoms with van der Waals surface area (Å²) in [6.07, 6.45) is 1.86. The van der Waals surface area contributed by atoms with Gasteiger partial charge in [0, 0.05) is 11.7 Å². The van der Waals surface area contributed by atoms with E-state index in [1.165, 1.54) is 23.3 Å². The van der Waals surface area contributed by atoms with Crippen LogP contribution in [0.3, 0.4) is 0 Å². The van der Waals surface area contributed by atoms with Crippen LogP contribution in [0.4, 0.5) is 10.1 Å². The second kappa shape index (κ2) is 4.96. The Kier molecular flexibility index (Phi) is 3.14. The van der Waals surface area contributed by atoms with Crippen LogP contribution in [0.5, 0.6) is 0 Å². The molecule has 102 valence electrons. The van der Waals surface area contributed by atoms with Gasteiger partial charge in [-0.15, -0.1) is 0 Å². The number of rotatable bonds is 3. The zero-order valence-corrected chi connectivity index (χ0v) is 10.9. The molecule has 2 aromatic rings. The highest BCUT2D eigenvalue weighted by atomic mass is 19.1. The number of nitrogens with one attached hydrogen (secondary N) is 1. The summed E-state index contributed by atoms with van der Waals surface area (Å²) >= 11 is 0. The molecule has 3 N–H and O–H groups in total. The summed E-state index contributed by atoms with van der Waals surface area (Å²) in [7, 11) is 0. The highest BCUT2D eigenvalue weighted by Gasteiger charge is 2.21. The standard InChI is InChI=1S/C16H15FN2O/c17-15-6-5-12(9-14(15)16(18)20)19-13-7-10-3-1-2-4-11(10)8-13/h1-6,9,13,19H,7-8H2,(H2,18,20). The van der Waals surface area contributed by atoms with Crippen molar-refractivity contribution in [2.45, 2.75) is 18.9 Å². The Bertz CT molecular complexity index is 644. The summed E-state index contributed by atoms with van der Waals surface area (Å²) in [5, 5.41) is 3.34. The lowest BCUT2D eigenvalue weighted by Crippen LogP contribution is -2.20. The van der Waals surface area contributed by atoms with Crippen molar-refractivity contribution < 1.29 is 9.18 Å². The molecule has 1 aliphatic carbocycles. The fraction of sp³-hybridized carbons (Fsp3) is 0.188. The molecule has 0 unspecified atom stereocenters. The molecule has 3 rings (SSSR count). The molecule has 0 spiro atoms. The lowest BCUT2D eigenvalue weighted by atomic mass is 10.1. The maximum Gasteiger partial charge on any atom is 0.251 e. The van der Waals surface area contributed by atoms with E-state index < -0.39 is 11.7 Å². The van der Waals surface area contributed by atoms with Crippen LogP contribution >= 0.6 is 0 Å². The summed E-state index contributed by atoms with van der Waals surface area (Å²) in [4.78, 5) is 11.1. The molecule has 2 aromatic carbocycles. The molecule has 3 nitrogen and oxygen atoms in total. The Morgan fingerprint density at radius 2 is 1.80 bits per heavy atom. The van der Waals surface area contributed by atoms with Gasteiger partial charge in [-0.3, -0.25) is 4.79 Å². The maximum atomic E-state index is 13.4. The van der Waals surface area contributed by atoms with Crippen LogP contribution in [-0.2, 0) is 12.8 Å². The third-order valence-electron chi connectivity index (χ3n) is 3.65. The van der Waals surface area contributed by atoms with Gasteiger partial charge in [0.2, 0.25) is 0 Å². The SMILES string of the molecule is NC(=O)c1cc(NC2Cc3ccccc3C2)ccc1F. The van der Waals surface area contributed by atoms with E-state index in [1.807, 2.05) is 12.1 Å². The van der Waals surface area contributed by atoms with Crippen LogP contribution < -0.4 is 11.1 Å². The number of carbonyl (C=O) groups is 1. The van der Waals surface area contributed by atoms with Crippen molar-refractivity contribution >= 4 is 11.6 Å². The van der Waals surface area contributed by atoms with Crippen LogP contribution in [-0.4, -0.2) is 11.9 Å². The Hall–Kier alpha value is -2.36. The predicted molar refractivity (Wildman–Crippen MR) is 76.2 cm³/mol. The molecule has 0 heterocycles. The Morgan fingerprint density at radius 1 is 1.15 bits per heavy atom. The third kappa shape index (κ3) is 2.37. The van der Waals surface area contributed by atoms with Crippen molar-refractivity contribution in [3.63, 3.8) is 0 Å². The molecule has 20 heavy (non-hydrogen) atoms. The van der Waals surface area contributed by atoms with Crippen LogP contribution in [0, 0.1) is 5.82 Å². The zero-order valence-electron chi connectivity index (χ0n) is 10.9. The van der Waals surface area contributed by atoms with Crippen molar-refractivity contribution in [1.82, 2.24) is 0 Å². The van der Waals surface area contributed by atoms with Gasteiger partial charge in [-0.05, 0) is 42.2 Å². The number of hydrogen-bond donors (Lipinski definition) is 2. The molecule has 1 amide bonds. The van der Waals surface area contributed by atoms with Gasteiger partial charge in [-0.1, -0.05) is 24.3 Å². The number of amides is 1. The molecular weight excluding hydrogens is 255 g/mol. The number of primary amides is 1. The summed E-state index contributed by atoms with van der Waals surface area (Å²) in [5.41, 5.74) is 8.47. The fourth-order valence-electron chi connectivity index (χ4n) is 2.70. The molecule has 4 heteroatoms. The van der Waals surface area contributed by atoms with E-state index in [1.54, 1.807) is 6.07 Å². The van der Waals surface area contributed by atoms with Gasteiger partial charge in [-0.25, -0.2) is 4.39 Å². The van der Waals surface area contributed by atoms with Gasteiger partial charge < -0.3 is 11.1 Å². The van der Waals surface area contributed by atoms with E-state index in [2.05, 4.69) is 17.4 Å². The third-order valence-corrected chi connectivity index (χ3v) is 3.65. The van der Waals surface area contributed by atoms with E-state index in [0.717, 1.165) is 18.5 Å². The first kappa shape index (κ1) is 12.7. The summed E-state index contributed by atoms with van der Waals surface area (Å²) < 4.78 is 13.4. The normalized spacial score (nSPS) is 14.1. The zero-order chi connectivity index (χ0) is 14.1. The largest absolute Gasteiger partial charge is 0.382 e. The lowest BCUT2D eigenvalue weighted by Gasteiger charge is -2.14. The quantitative estimate of drug-likeness (QED) is 0.900. The molecule has 0 aromatic heterocycles. The molecule has 0 bridgehead atoms. The summed E-state index contributed by atoms with van der Waals surface area (Å²) in [6, 6.07) is 12.9. The number of nitrogens with two attached hydrogens (primary N) is 1. The van der Waals surface area contributed by atoms with E-state index in [-0.39, 0.29) is 11.6 Å². The number of carbonyl (C=O) groups excluding carboxylic acids is 1. The highest BCUT2D eigenvalue weighted by molar-refractivity contribution is 5.94. The molecule has 1 aliphatic rings. The average Bonchev–Trinajstić information content (AvgIpc) is 2.82. The van der Waals surface area contributed by atoms with Crippen LogP contribution in [0.2, 0.25) is 0 Å². The number of benzene rings is 2. The van der Waals surface area contributed by atoms with Gasteiger partial charge in [0.15, 0.2) is 0 Å². The molecule has 0 saturated carbocycles. The van der Waals surface area contributed by atoms with Gasteiger partial charge >= 0.3 is 0 Å². The Labute approximate surface area is 116 Å². The van der Waals surface area contributed by atoms with E-state index in [0.29, 0.717) is 0 Å². The minimum Gasteiger partial charge on any atom is -0.382 e. The average molecular weight is 270 g/mol. The smallest absolute Gasteiger partial charge is 0.251 e. The molecule has 0 aliphatic heterocycles. The molecular formula is C16H15FN2O. The van der Waals surface area contributed by atoms with Crippen LogP contribution in [0.1, 0.15) is 21.5 Å². The van der Waals surface area contributed by atoms with Gasteiger partial charge in [-0.2, -0.15) is 0 Å². The van der Waals surface area contributed by atoms with Crippen LogP contribution in [0.15, 0.2) is 42.5 Å². The lowest BCUT2D eigenvalue weighted by molar-refractivity contribution is 0.0996. The monoisotopic (exact) mass is 270 g/mol. The molecule has 0 saturated heterocycles. The Morgan fingerprint density at radius 3 is 2.40 bits per heavy atom. The van der Waals surface area contributed by atoms with E-state index >= 15 is 0 Å². The van der Waals surface area contributed by atoms with Crippen LogP contribution in [0.25, 0.3) is 0 Å². The summed E-state index contributed by atoms with van der Waals surface area (Å²) in [6.45, 7) is 0. The predicted octanol–water partition coefficient (Wildman–Crippen LogP) is 2.50. The first-order valence-electron chi connectivity index (χ1n) is 6.56. The van der Waals surface area contributed by atoms with Crippen molar-refractivity contribution in [3.8, 4) is 0 Å². The molecule has 0 radical (unpaired) electrons. The van der Waals surface area contributed by atoms with Crippen molar-refractivity contribution in [1.29, 1.82) is 0 Å². The molecule has 0 atom stereocenters. The first-order chi connectivity index (χ1) is 9.63. The number of hydrogen-bond acceptors (Lipinski definition) is 2. The van der Waals surface area contributed by atoms with Crippen molar-refractivity contribution in [2.75, 3.05) is 5.32 Å².